The molecule has 2 aliphatic rings. The molecule has 1 aliphatic carbocycles. The van der Waals surface area contributed by atoms with Crippen LogP contribution in [0.25, 0.3) is 0 Å². The molecule has 4 heteroatoms. The first-order valence-corrected chi connectivity index (χ1v) is 8.50. The maximum Gasteiger partial charge on any atom is 0.146 e. The summed E-state index contributed by atoms with van der Waals surface area (Å²) in [7, 11) is 0. The third-order valence-electron chi connectivity index (χ3n) is 5.25. The fraction of sp³-hybridized carbons (Fsp3) is 0.647. The van der Waals surface area contributed by atoms with Gasteiger partial charge in [-0.3, -0.25) is 4.90 Å². The van der Waals surface area contributed by atoms with Crippen molar-refractivity contribution in [3.63, 3.8) is 0 Å². The summed E-state index contributed by atoms with van der Waals surface area (Å²) in [6.07, 6.45) is 7.68. The SMILES string of the molecule is NCC(c1cccc(Cl)c1F)N1CCCC2CCCCC21. The van der Waals surface area contributed by atoms with Gasteiger partial charge in [-0.1, -0.05) is 36.6 Å². The summed E-state index contributed by atoms with van der Waals surface area (Å²) in [6, 6.07) is 5.79. The van der Waals surface area contributed by atoms with E-state index in [1.807, 2.05) is 12.1 Å². The minimum Gasteiger partial charge on any atom is -0.329 e. The topological polar surface area (TPSA) is 29.3 Å². The average Bonchev–Trinajstić information content (AvgIpc) is 2.52. The van der Waals surface area contributed by atoms with Crippen molar-refractivity contribution in [2.45, 2.75) is 50.6 Å². The second-order valence-corrected chi connectivity index (χ2v) is 6.79. The van der Waals surface area contributed by atoms with E-state index in [-0.39, 0.29) is 16.9 Å². The molecule has 116 valence electrons. The zero-order valence-electron chi connectivity index (χ0n) is 12.4. The standard InChI is InChI=1S/C17H24ClFN2/c18-14-8-3-7-13(17(14)19)16(11-20)21-10-4-6-12-5-1-2-9-15(12)21/h3,7-8,12,15-16H,1-2,4-6,9-11,20H2. The number of halogens is 2. The molecule has 0 bridgehead atoms. The number of benzene rings is 1. The Hall–Kier alpha value is -0.640. The maximum atomic E-state index is 14.4. The van der Waals surface area contributed by atoms with Crippen molar-refractivity contribution in [1.29, 1.82) is 0 Å². The van der Waals surface area contributed by atoms with E-state index in [9.17, 15) is 4.39 Å². The number of nitrogens with zero attached hydrogens (tertiary/aromatic N) is 1. The van der Waals surface area contributed by atoms with Gasteiger partial charge in [-0.15, -0.1) is 0 Å². The van der Waals surface area contributed by atoms with E-state index in [0.717, 1.165) is 12.5 Å². The lowest BCUT2D eigenvalue weighted by Crippen LogP contribution is -2.50. The molecule has 3 atom stereocenters. The molecule has 2 fully saturated rings. The van der Waals surface area contributed by atoms with Crippen molar-refractivity contribution in [3.8, 4) is 0 Å². The molecule has 1 aromatic carbocycles. The minimum atomic E-state index is -0.299. The van der Waals surface area contributed by atoms with Crippen LogP contribution in [0.3, 0.4) is 0 Å². The summed E-state index contributed by atoms with van der Waals surface area (Å²) in [5.74, 6) is 0.469. The predicted molar refractivity (Wildman–Crippen MR) is 84.9 cm³/mol. The van der Waals surface area contributed by atoms with Crippen molar-refractivity contribution in [1.82, 2.24) is 4.90 Å². The van der Waals surface area contributed by atoms with Gasteiger partial charge in [0.05, 0.1) is 11.1 Å². The second kappa shape index (κ2) is 6.64. The van der Waals surface area contributed by atoms with Crippen molar-refractivity contribution in [3.05, 3.63) is 34.6 Å². The van der Waals surface area contributed by atoms with Crippen molar-refractivity contribution < 1.29 is 4.39 Å². The lowest BCUT2D eigenvalue weighted by Gasteiger charge is -2.47. The minimum absolute atomic E-state index is 0.0467. The molecule has 1 aliphatic heterocycles. The number of rotatable bonds is 3. The van der Waals surface area contributed by atoms with E-state index in [2.05, 4.69) is 4.90 Å². The highest BCUT2D eigenvalue weighted by atomic mass is 35.5. The van der Waals surface area contributed by atoms with Crippen molar-refractivity contribution in [2.75, 3.05) is 13.1 Å². The Bertz CT molecular complexity index is 492. The van der Waals surface area contributed by atoms with E-state index in [4.69, 9.17) is 17.3 Å². The normalized spacial score (nSPS) is 28.1. The molecule has 0 amide bonds. The van der Waals surface area contributed by atoms with Gasteiger partial charge in [0.15, 0.2) is 0 Å². The Morgan fingerprint density at radius 2 is 2.00 bits per heavy atom. The largest absolute Gasteiger partial charge is 0.329 e. The van der Waals surface area contributed by atoms with E-state index >= 15 is 0 Å². The summed E-state index contributed by atoms with van der Waals surface area (Å²) < 4.78 is 14.4. The van der Waals surface area contributed by atoms with E-state index in [1.165, 1.54) is 38.5 Å². The molecule has 1 saturated heterocycles. The first-order chi connectivity index (χ1) is 10.2. The van der Waals surface area contributed by atoms with E-state index in [0.29, 0.717) is 18.2 Å². The van der Waals surface area contributed by atoms with Crippen LogP contribution >= 0.6 is 11.6 Å². The molecular weight excluding hydrogens is 287 g/mol. The van der Waals surface area contributed by atoms with Gasteiger partial charge in [-0.05, 0) is 44.2 Å². The molecule has 1 aromatic rings. The quantitative estimate of drug-likeness (QED) is 0.909. The van der Waals surface area contributed by atoms with Crippen LogP contribution in [0, 0.1) is 11.7 Å². The highest BCUT2D eigenvalue weighted by Crippen LogP contribution is 2.40. The molecule has 3 unspecified atom stereocenters. The van der Waals surface area contributed by atoms with Crippen molar-refractivity contribution >= 4 is 11.6 Å². The van der Waals surface area contributed by atoms with Gasteiger partial charge < -0.3 is 5.73 Å². The van der Waals surface area contributed by atoms with Crippen LogP contribution in [0.2, 0.25) is 5.02 Å². The van der Waals surface area contributed by atoms with Crippen LogP contribution in [0.1, 0.15) is 50.1 Å². The number of likely N-dealkylation sites (tertiary alicyclic amines) is 1. The molecule has 3 rings (SSSR count). The Morgan fingerprint density at radius 1 is 1.24 bits per heavy atom. The molecule has 0 aromatic heterocycles. The van der Waals surface area contributed by atoms with Crippen LogP contribution in [0.15, 0.2) is 18.2 Å². The molecule has 2 nitrogen and oxygen atoms in total. The Balaban J connectivity index is 1.89. The first kappa shape index (κ1) is 15.3. The molecule has 21 heavy (non-hydrogen) atoms. The highest BCUT2D eigenvalue weighted by molar-refractivity contribution is 6.30. The van der Waals surface area contributed by atoms with Gasteiger partial charge in [0.2, 0.25) is 0 Å². The monoisotopic (exact) mass is 310 g/mol. The summed E-state index contributed by atoms with van der Waals surface area (Å²) in [5.41, 5.74) is 6.69. The second-order valence-electron chi connectivity index (χ2n) is 6.39. The number of hydrogen-bond acceptors (Lipinski definition) is 2. The molecule has 1 saturated carbocycles. The average molecular weight is 311 g/mol. The van der Waals surface area contributed by atoms with Crippen LogP contribution in [-0.2, 0) is 0 Å². The van der Waals surface area contributed by atoms with Crippen molar-refractivity contribution in [2.24, 2.45) is 11.7 Å². The number of nitrogens with two attached hydrogens (primary N) is 1. The van der Waals surface area contributed by atoms with Crippen LogP contribution in [0.4, 0.5) is 4.39 Å². The summed E-state index contributed by atoms with van der Waals surface area (Å²) >= 11 is 5.96. The fourth-order valence-electron chi connectivity index (χ4n) is 4.27. The molecule has 1 heterocycles. The summed E-state index contributed by atoms with van der Waals surface area (Å²) in [6.45, 7) is 1.47. The van der Waals surface area contributed by atoms with E-state index in [1.54, 1.807) is 6.07 Å². The molecule has 2 N–H and O–H groups in total. The predicted octanol–water partition coefficient (Wildman–Crippen LogP) is 4.13. The fourth-order valence-corrected chi connectivity index (χ4v) is 4.45. The third kappa shape index (κ3) is 2.96. The van der Waals surface area contributed by atoms with Gasteiger partial charge >= 0.3 is 0 Å². The number of fused-ring (bicyclic) bond motifs is 1. The lowest BCUT2D eigenvalue weighted by molar-refractivity contribution is 0.0265. The maximum absolute atomic E-state index is 14.4. The molecule has 0 radical (unpaired) electrons. The van der Waals surface area contributed by atoms with Gasteiger partial charge in [-0.2, -0.15) is 0 Å². The lowest BCUT2D eigenvalue weighted by atomic mass is 9.77. The first-order valence-electron chi connectivity index (χ1n) is 8.12. The van der Waals surface area contributed by atoms with Crippen LogP contribution in [0.5, 0.6) is 0 Å². The van der Waals surface area contributed by atoms with Gasteiger partial charge in [0, 0.05) is 18.2 Å². The van der Waals surface area contributed by atoms with Gasteiger partial charge in [0.25, 0.3) is 0 Å². The molecular formula is C17H24ClFN2. The Kier molecular flexibility index (Phi) is 4.82. The zero-order valence-corrected chi connectivity index (χ0v) is 13.2. The van der Waals surface area contributed by atoms with Crippen LogP contribution < -0.4 is 5.73 Å². The number of piperidine rings is 1. The zero-order chi connectivity index (χ0) is 14.8. The Morgan fingerprint density at radius 3 is 2.81 bits per heavy atom. The van der Waals surface area contributed by atoms with Gasteiger partial charge in [-0.25, -0.2) is 4.39 Å². The summed E-state index contributed by atoms with van der Waals surface area (Å²) in [5, 5.41) is 0.197. The molecule has 0 spiro atoms. The van der Waals surface area contributed by atoms with E-state index < -0.39 is 0 Å². The van der Waals surface area contributed by atoms with Gasteiger partial charge in [0.1, 0.15) is 5.82 Å². The number of hydrogen-bond donors (Lipinski definition) is 1. The third-order valence-corrected chi connectivity index (χ3v) is 5.54. The summed E-state index contributed by atoms with van der Waals surface area (Å²) in [4.78, 5) is 2.46. The Labute approximate surface area is 131 Å². The smallest absolute Gasteiger partial charge is 0.146 e. The van der Waals surface area contributed by atoms with Crippen LogP contribution in [-0.4, -0.2) is 24.0 Å². The highest BCUT2D eigenvalue weighted by Gasteiger charge is 2.37.